The molecule has 4 heteroatoms. The molecule has 1 N–H and O–H groups in total. The Morgan fingerprint density at radius 1 is 1.44 bits per heavy atom. The van der Waals surface area contributed by atoms with Crippen molar-refractivity contribution in [3.8, 4) is 0 Å². The van der Waals surface area contributed by atoms with Gasteiger partial charge >= 0.3 is 0 Å². The van der Waals surface area contributed by atoms with Crippen molar-refractivity contribution in [2.45, 2.75) is 59.2 Å². The van der Waals surface area contributed by atoms with Crippen molar-refractivity contribution < 1.29 is 4.74 Å². The van der Waals surface area contributed by atoms with Gasteiger partial charge in [0.25, 0.3) is 0 Å². The average molecular weight is 253 g/mol. The lowest BCUT2D eigenvalue weighted by Gasteiger charge is -2.24. The molecule has 0 bridgehead atoms. The Labute approximate surface area is 111 Å². The second kappa shape index (κ2) is 6.34. The fourth-order valence-electron chi connectivity index (χ4n) is 1.88. The van der Waals surface area contributed by atoms with Crippen LogP contribution < -0.4 is 5.32 Å². The molecule has 104 valence electrons. The summed E-state index contributed by atoms with van der Waals surface area (Å²) in [6.07, 6.45) is 0.946. The van der Waals surface area contributed by atoms with Gasteiger partial charge in [0.2, 0.25) is 0 Å². The van der Waals surface area contributed by atoms with Gasteiger partial charge in [0, 0.05) is 24.7 Å². The maximum absolute atomic E-state index is 5.84. The van der Waals surface area contributed by atoms with Gasteiger partial charge in [-0.05, 0) is 47.7 Å². The molecule has 0 aromatic carbocycles. The molecule has 4 nitrogen and oxygen atoms in total. The lowest BCUT2D eigenvalue weighted by atomic mass is 10.1. The van der Waals surface area contributed by atoms with Gasteiger partial charge in [-0.1, -0.05) is 0 Å². The van der Waals surface area contributed by atoms with Crippen LogP contribution >= 0.6 is 0 Å². The van der Waals surface area contributed by atoms with Crippen molar-refractivity contribution in [2.24, 2.45) is 0 Å². The molecule has 1 atom stereocenters. The first-order valence-electron chi connectivity index (χ1n) is 6.70. The van der Waals surface area contributed by atoms with Crippen molar-refractivity contribution in [3.63, 3.8) is 0 Å². The van der Waals surface area contributed by atoms with E-state index in [-0.39, 0.29) is 5.60 Å². The fraction of sp³-hybridized carbons (Fsp3) is 0.786. The number of likely N-dealkylation sites (N-methyl/N-ethyl adjacent to an activating group) is 1. The van der Waals surface area contributed by atoms with Crippen molar-refractivity contribution in [1.82, 2.24) is 15.1 Å². The van der Waals surface area contributed by atoms with E-state index in [1.807, 2.05) is 14.0 Å². The standard InChI is InChI=1S/C14H27N3O/c1-7-17-13(8-11(2)16-17)9-12(15-6)10-18-14(3,4)5/h8,12,15H,7,9-10H2,1-6H3. The van der Waals surface area contributed by atoms with Crippen LogP contribution in [-0.2, 0) is 17.7 Å². The second-order valence-corrected chi connectivity index (χ2v) is 5.71. The summed E-state index contributed by atoms with van der Waals surface area (Å²) >= 11 is 0. The van der Waals surface area contributed by atoms with Crippen molar-refractivity contribution in [3.05, 3.63) is 17.5 Å². The molecule has 1 aromatic heterocycles. The largest absolute Gasteiger partial charge is 0.374 e. The quantitative estimate of drug-likeness (QED) is 0.844. The lowest BCUT2D eigenvalue weighted by Crippen LogP contribution is -2.36. The van der Waals surface area contributed by atoms with E-state index in [2.05, 4.69) is 48.9 Å². The van der Waals surface area contributed by atoms with E-state index in [4.69, 9.17) is 4.74 Å². The number of hydrogen-bond acceptors (Lipinski definition) is 3. The second-order valence-electron chi connectivity index (χ2n) is 5.71. The SMILES string of the molecule is CCn1nc(C)cc1CC(COC(C)(C)C)NC. The topological polar surface area (TPSA) is 39.1 Å². The number of aryl methyl sites for hydroxylation is 2. The van der Waals surface area contributed by atoms with E-state index in [1.54, 1.807) is 0 Å². The van der Waals surface area contributed by atoms with Crippen LogP contribution in [0.3, 0.4) is 0 Å². The van der Waals surface area contributed by atoms with E-state index in [0.29, 0.717) is 12.6 Å². The smallest absolute Gasteiger partial charge is 0.0630 e. The zero-order valence-corrected chi connectivity index (χ0v) is 12.6. The average Bonchev–Trinajstić information content (AvgIpc) is 2.63. The maximum Gasteiger partial charge on any atom is 0.0630 e. The molecule has 0 fully saturated rings. The Kier molecular flexibility index (Phi) is 5.35. The minimum absolute atomic E-state index is 0.0873. The highest BCUT2D eigenvalue weighted by atomic mass is 16.5. The monoisotopic (exact) mass is 253 g/mol. The molecule has 0 saturated carbocycles. The van der Waals surface area contributed by atoms with Crippen LogP contribution in [-0.4, -0.2) is 35.1 Å². The molecule has 0 amide bonds. The predicted molar refractivity (Wildman–Crippen MR) is 74.9 cm³/mol. The third kappa shape index (κ3) is 4.78. The van der Waals surface area contributed by atoms with E-state index < -0.39 is 0 Å². The zero-order valence-electron chi connectivity index (χ0n) is 12.6. The van der Waals surface area contributed by atoms with Gasteiger partial charge in [0.1, 0.15) is 0 Å². The molecule has 1 unspecified atom stereocenters. The van der Waals surface area contributed by atoms with E-state index >= 15 is 0 Å². The number of aromatic nitrogens is 2. The summed E-state index contributed by atoms with van der Waals surface area (Å²) in [6.45, 7) is 12.0. The van der Waals surface area contributed by atoms with E-state index in [9.17, 15) is 0 Å². The Bertz CT molecular complexity index is 366. The summed E-state index contributed by atoms with van der Waals surface area (Å²) in [7, 11) is 1.98. The minimum Gasteiger partial charge on any atom is -0.374 e. The van der Waals surface area contributed by atoms with Crippen LogP contribution in [0, 0.1) is 6.92 Å². The molecular weight excluding hydrogens is 226 g/mol. The number of rotatable bonds is 6. The van der Waals surface area contributed by atoms with Gasteiger partial charge in [0.15, 0.2) is 0 Å². The summed E-state index contributed by atoms with van der Waals surface area (Å²) in [5, 5.41) is 7.79. The van der Waals surface area contributed by atoms with Gasteiger partial charge in [-0.15, -0.1) is 0 Å². The minimum atomic E-state index is -0.0873. The van der Waals surface area contributed by atoms with Crippen molar-refractivity contribution >= 4 is 0 Å². The Balaban J connectivity index is 2.62. The molecule has 0 radical (unpaired) electrons. The van der Waals surface area contributed by atoms with Crippen LogP contribution in [0.15, 0.2) is 6.07 Å². The molecule has 0 spiro atoms. The summed E-state index contributed by atoms with van der Waals surface area (Å²) in [4.78, 5) is 0. The van der Waals surface area contributed by atoms with Crippen LogP contribution in [0.5, 0.6) is 0 Å². The van der Waals surface area contributed by atoms with Crippen molar-refractivity contribution in [1.29, 1.82) is 0 Å². The highest BCUT2D eigenvalue weighted by Crippen LogP contribution is 2.11. The van der Waals surface area contributed by atoms with E-state index in [0.717, 1.165) is 18.7 Å². The molecule has 1 heterocycles. The Morgan fingerprint density at radius 2 is 2.11 bits per heavy atom. The van der Waals surface area contributed by atoms with E-state index in [1.165, 1.54) is 5.69 Å². The van der Waals surface area contributed by atoms with Crippen LogP contribution in [0.2, 0.25) is 0 Å². The predicted octanol–water partition coefficient (Wildman–Crippen LogP) is 2.16. The first kappa shape index (κ1) is 15.2. The molecule has 1 rings (SSSR count). The van der Waals surface area contributed by atoms with Crippen LogP contribution in [0.1, 0.15) is 39.1 Å². The first-order valence-corrected chi connectivity index (χ1v) is 6.70. The maximum atomic E-state index is 5.84. The van der Waals surface area contributed by atoms with Crippen LogP contribution in [0.4, 0.5) is 0 Å². The van der Waals surface area contributed by atoms with Crippen molar-refractivity contribution in [2.75, 3.05) is 13.7 Å². The molecule has 0 aliphatic carbocycles. The Hall–Kier alpha value is -0.870. The summed E-state index contributed by atoms with van der Waals surface area (Å²) in [6, 6.07) is 2.48. The van der Waals surface area contributed by atoms with Gasteiger partial charge in [0.05, 0.1) is 17.9 Å². The van der Waals surface area contributed by atoms with Gasteiger partial charge in [-0.3, -0.25) is 4.68 Å². The van der Waals surface area contributed by atoms with Gasteiger partial charge in [-0.2, -0.15) is 5.10 Å². The highest BCUT2D eigenvalue weighted by Gasteiger charge is 2.16. The molecule has 0 aliphatic rings. The molecular formula is C14H27N3O. The normalized spacial score (nSPS) is 13.9. The number of ether oxygens (including phenoxy) is 1. The molecule has 0 saturated heterocycles. The summed E-state index contributed by atoms with van der Waals surface area (Å²) in [5.74, 6) is 0. The summed E-state index contributed by atoms with van der Waals surface area (Å²) in [5.41, 5.74) is 2.26. The fourth-order valence-corrected chi connectivity index (χ4v) is 1.88. The number of nitrogens with one attached hydrogen (secondary N) is 1. The number of hydrogen-bond donors (Lipinski definition) is 1. The lowest BCUT2D eigenvalue weighted by molar-refractivity contribution is -0.0136. The molecule has 18 heavy (non-hydrogen) atoms. The van der Waals surface area contributed by atoms with Gasteiger partial charge in [-0.25, -0.2) is 0 Å². The highest BCUT2D eigenvalue weighted by molar-refractivity contribution is 5.10. The zero-order chi connectivity index (χ0) is 13.8. The number of nitrogens with zero attached hydrogens (tertiary/aromatic N) is 2. The van der Waals surface area contributed by atoms with Gasteiger partial charge < -0.3 is 10.1 Å². The van der Waals surface area contributed by atoms with Crippen LogP contribution in [0.25, 0.3) is 0 Å². The molecule has 0 aliphatic heterocycles. The third-order valence-corrected chi connectivity index (χ3v) is 2.87. The first-order chi connectivity index (χ1) is 8.35. The summed E-state index contributed by atoms with van der Waals surface area (Å²) < 4.78 is 7.91. The molecule has 1 aromatic rings. The third-order valence-electron chi connectivity index (χ3n) is 2.87. The Morgan fingerprint density at radius 3 is 2.61 bits per heavy atom.